The molecule has 0 amide bonds. The Morgan fingerprint density at radius 2 is 1.86 bits per heavy atom. The summed E-state index contributed by atoms with van der Waals surface area (Å²) in [4.78, 5) is 22.7. The Labute approximate surface area is 123 Å². The van der Waals surface area contributed by atoms with Crippen LogP contribution in [-0.2, 0) is 19.1 Å². The first kappa shape index (κ1) is 17.3. The van der Waals surface area contributed by atoms with E-state index in [1.165, 1.54) is 0 Å². The van der Waals surface area contributed by atoms with Gasteiger partial charge in [0.25, 0.3) is 0 Å². The number of esters is 2. The summed E-state index contributed by atoms with van der Waals surface area (Å²) in [6.07, 6.45) is 0.768. The van der Waals surface area contributed by atoms with Crippen molar-refractivity contribution in [1.82, 2.24) is 0 Å². The maximum atomic E-state index is 13.3. The van der Waals surface area contributed by atoms with E-state index in [1.54, 1.807) is 0 Å². The molecular formula is C13H12F3NO5. The van der Waals surface area contributed by atoms with Crippen molar-refractivity contribution < 1.29 is 37.0 Å². The van der Waals surface area contributed by atoms with Crippen LogP contribution in [0.1, 0.15) is 0 Å². The number of halogens is 3. The summed E-state index contributed by atoms with van der Waals surface area (Å²) >= 11 is 0. The van der Waals surface area contributed by atoms with E-state index in [0.29, 0.717) is 0 Å². The van der Waals surface area contributed by atoms with Crippen LogP contribution in [0.2, 0.25) is 0 Å². The second kappa shape index (κ2) is 7.91. The fourth-order valence-corrected chi connectivity index (χ4v) is 1.39. The Kier molecular flexibility index (Phi) is 6.24. The van der Waals surface area contributed by atoms with Crippen LogP contribution in [0.25, 0.3) is 0 Å². The first-order valence-corrected chi connectivity index (χ1v) is 5.76. The predicted molar refractivity (Wildman–Crippen MR) is 68.8 cm³/mol. The number of rotatable bonds is 6. The Balaban J connectivity index is 3.07. The van der Waals surface area contributed by atoms with Gasteiger partial charge in [0, 0.05) is 17.8 Å². The van der Waals surface area contributed by atoms with Crippen molar-refractivity contribution in [2.24, 2.45) is 0 Å². The average molecular weight is 319 g/mol. The molecule has 0 atom stereocenters. The number of nitrogens with one attached hydrogen (secondary N) is 1. The van der Waals surface area contributed by atoms with Crippen LogP contribution >= 0.6 is 0 Å². The number of hydrogen-bond acceptors (Lipinski definition) is 6. The highest BCUT2D eigenvalue weighted by Gasteiger charge is 2.14. The van der Waals surface area contributed by atoms with Crippen LogP contribution in [0, 0.1) is 5.82 Å². The summed E-state index contributed by atoms with van der Waals surface area (Å²) in [5.41, 5.74) is -0.473. The predicted octanol–water partition coefficient (Wildman–Crippen LogP) is 2.07. The smallest absolute Gasteiger partial charge is 0.387 e. The zero-order valence-corrected chi connectivity index (χ0v) is 11.6. The number of carbonyl (C=O) groups is 2. The minimum absolute atomic E-state index is 0.101. The Morgan fingerprint density at radius 3 is 2.41 bits per heavy atom. The number of methoxy groups -OCH3 is 2. The SMILES string of the molecule is COC(=O)/C=C(/Nc1cc(F)cc(OC(F)F)c1)C(=O)OC. The third-order valence-corrected chi connectivity index (χ3v) is 2.24. The highest BCUT2D eigenvalue weighted by Crippen LogP contribution is 2.23. The van der Waals surface area contributed by atoms with Gasteiger partial charge in [-0.25, -0.2) is 14.0 Å². The van der Waals surface area contributed by atoms with E-state index in [9.17, 15) is 22.8 Å². The van der Waals surface area contributed by atoms with Crippen LogP contribution in [0.15, 0.2) is 30.0 Å². The number of ether oxygens (including phenoxy) is 3. The highest BCUT2D eigenvalue weighted by atomic mass is 19.3. The van der Waals surface area contributed by atoms with Crippen molar-refractivity contribution in [3.05, 3.63) is 35.8 Å². The summed E-state index contributed by atoms with van der Waals surface area (Å²) < 4.78 is 50.5. The molecule has 0 aliphatic carbocycles. The Morgan fingerprint density at radius 1 is 1.18 bits per heavy atom. The molecule has 0 saturated heterocycles. The minimum Gasteiger partial charge on any atom is -0.466 e. The first-order valence-electron chi connectivity index (χ1n) is 5.76. The van der Waals surface area contributed by atoms with E-state index >= 15 is 0 Å². The number of hydrogen-bond donors (Lipinski definition) is 1. The van der Waals surface area contributed by atoms with E-state index in [-0.39, 0.29) is 11.4 Å². The molecule has 120 valence electrons. The number of alkyl halides is 2. The molecule has 9 heteroatoms. The summed E-state index contributed by atoms with van der Waals surface area (Å²) in [6.45, 7) is -3.14. The van der Waals surface area contributed by atoms with Crippen molar-refractivity contribution in [1.29, 1.82) is 0 Å². The van der Waals surface area contributed by atoms with Gasteiger partial charge in [0.05, 0.1) is 20.3 Å². The molecule has 1 aromatic carbocycles. The maximum Gasteiger partial charge on any atom is 0.387 e. The highest BCUT2D eigenvalue weighted by molar-refractivity contribution is 5.98. The molecular weight excluding hydrogens is 307 g/mol. The second-order valence-corrected chi connectivity index (χ2v) is 3.75. The van der Waals surface area contributed by atoms with Crippen molar-refractivity contribution in [3.8, 4) is 5.75 Å². The molecule has 0 fully saturated rings. The van der Waals surface area contributed by atoms with Gasteiger partial charge in [-0.1, -0.05) is 0 Å². The standard InChI is InChI=1S/C13H12F3NO5/c1-20-11(18)6-10(12(19)21-2)17-8-3-7(14)4-9(5-8)22-13(15)16/h3-6,13,17H,1-2H3/b10-6+. The van der Waals surface area contributed by atoms with Crippen LogP contribution in [0.4, 0.5) is 18.9 Å². The average Bonchev–Trinajstić information content (AvgIpc) is 2.44. The van der Waals surface area contributed by atoms with Gasteiger partial charge in [-0.3, -0.25) is 0 Å². The van der Waals surface area contributed by atoms with Gasteiger partial charge in [0.15, 0.2) is 0 Å². The van der Waals surface area contributed by atoms with E-state index in [1.807, 2.05) is 0 Å². The molecule has 0 spiro atoms. The van der Waals surface area contributed by atoms with Crippen LogP contribution < -0.4 is 10.1 Å². The molecule has 0 aromatic heterocycles. The largest absolute Gasteiger partial charge is 0.466 e. The van der Waals surface area contributed by atoms with Gasteiger partial charge in [-0.2, -0.15) is 8.78 Å². The van der Waals surface area contributed by atoms with Crippen molar-refractivity contribution >= 4 is 17.6 Å². The van der Waals surface area contributed by atoms with E-state index < -0.39 is 30.1 Å². The number of benzene rings is 1. The fraction of sp³-hybridized carbons (Fsp3) is 0.231. The van der Waals surface area contributed by atoms with Crippen molar-refractivity contribution in [2.75, 3.05) is 19.5 Å². The minimum atomic E-state index is -3.14. The third-order valence-electron chi connectivity index (χ3n) is 2.24. The van der Waals surface area contributed by atoms with Gasteiger partial charge in [0.1, 0.15) is 17.3 Å². The molecule has 22 heavy (non-hydrogen) atoms. The Bertz CT molecular complexity index is 589. The molecule has 1 aromatic rings. The van der Waals surface area contributed by atoms with Gasteiger partial charge >= 0.3 is 18.6 Å². The van der Waals surface area contributed by atoms with Gasteiger partial charge in [-0.05, 0) is 6.07 Å². The van der Waals surface area contributed by atoms with Gasteiger partial charge < -0.3 is 19.5 Å². The summed E-state index contributed by atoms with van der Waals surface area (Å²) in [7, 11) is 2.15. The molecule has 1 rings (SSSR count). The maximum absolute atomic E-state index is 13.3. The van der Waals surface area contributed by atoms with Crippen LogP contribution in [0.3, 0.4) is 0 Å². The molecule has 0 aliphatic rings. The second-order valence-electron chi connectivity index (χ2n) is 3.75. The van der Waals surface area contributed by atoms with Crippen LogP contribution in [0.5, 0.6) is 5.75 Å². The molecule has 1 N–H and O–H groups in total. The molecule has 0 heterocycles. The molecule has 6 nitrogen and oxygen atoms in total. The molecule has 0 unspecified atom stereocenters. The fourth-order valence-electron chi connectivity index (χ4n) is 1.39. The van der Waals surface area contributed by atoms with Crippen LogP contribution in [-0.4, -0.2) is 32.8 Å². The summed E-state index contributed by atoms with van der Waals surface area (Å²) in [6, 6.07) is 2.66. The van der Waals surface area contributed by atoms with E-state index in [0.717, 1.165) is 38.5 Å². The Hall–Kier alpha value is -2.71. The lowest BCUT2D eigenvalue weighted by molar-refractivity contribution is -0.138. The van der Waals surface area contributed by atoms with Crippen molar-refractivity contribution in [3.63, 3.8) is 0 Å². The zero-order valence-electron chi connectivity index (χ0n) is 11.6. The normalized spacial score (nSPS) is 11.1. The molecule has 0 bridgehead atoms. The lowest BCUT2D eigenvalue weighted by Gasteiger charge is -2.11. The number of carbonyl (C=O) groups excluding carboxylic acids is 2. The number of anilines is 1. The monoisotopic (exact) mass is 319 g/mol. The first-order chi connectivity index (χ1) is 10.3. The molecule has 0 radical (unpaired) electrons. The lowest BCUT2D eigenvalue weighted by atomic mass is 10.2. The summed E-state index contributed by atoms with van der Waals surface area (Å²) in [5.74, 6) is -3.15. The van der Waals surface area contributed by atoms with Crippen molar-refractivity contribution in [2.45, 2.75) is 6.61 Å². The molecule has 0 aliphatic heterocycles. The topological polar surface area (TPSA) is 73.9 Å². The van der Waals surface area contributed by atoms with Gasteiger partial charge in [-0.15, -0.1) is 0 Å². The molecule has 0 saturated carbocycles. The van der Waals surface area contributed by atoms with E-state index in [4.69, 9.17) is 0 Å². The lowest BCUT2D eigenvalue weighted by Crippen LogP contribution is -2.15. The summed E-state index contributed by atoms with van der Waals surface area (Å²) in [5, 5.41) is 2.37. The third kappa shape index (κ3) is 5.35. The quantitative estimate of drug-likeness (QED) is 0.639. The van der Waals surface area contributed by atoms with E-state index in [2.05, 4.69) is 19.5 Å². The zero-order chi connectivity index (χ0) is 16.7. The van der Waals surface area contributed by atoms with Gasteiger partial charge in [0.2, 0.25) is 0 Å².